The number of para-hydroxylation sites is 2. The molecule has 0 aliphatic heterocycles. The van der Waals surface area contributed by atoms with Crippen LogP contribution in [-0.2, 0) is 11.3 Å². The van der Waals surface area contributed by atoms with Crippen molar-refractivity contribution in [1.29, 1.82) is 0 Å². The third kappa shape index (κ3) is 2.96. The van der Waals surface area contributed by atoms with Gasteiger partial charge >= 0.3 is 0 Å². The van der Waals surface area contributed by atoms with Crippen molar-refractivity contribution in [1.82, 2.24) is 29.4 Å². The number of benzene rings is 2. The standard InChI is InChI=1S/C20H15N7O/c28-20(11-26-12-21-17-3-1-2-4-18(17)26)23-15-7-5-14(6-8-15)16-9-10-19-24-22-13-27(19)25-16/h1-10,12-13H,11H2,(H,23,28). The van der Waals surface area contributed by atoms with Gasteiger partial charge in [-0.05, 0) is 36.4 Å². The second-order valence-corrected chi connectivity index (χ2v) is 6.34. The van der Waals surface area contributed by atoms with Crippen molar-refractivity contribution in [3.63, 3.8) is 0 Å². The summed E-state index contributed by atoms with van der Waals surface area (Å²) in [4.78, 5) is 16.7. The molecular formula is C20H15N7O. The second kappa shape index (κ2) is 6.58. The van der Waals surface area contributed by atoms with E-state index in [1.165, 1.54) is 0 Å². The Morgan fingerprint density at radius 1 is 0.964 bits per heavy atom. The molecule has 5 aromatic rings. The van der Waals surface area contributed by atoms with E-state index >= 15 is 0 Å². The summed E-state index contributed by atoms with van der Waals surface area (Å²) in [6.45, 7) is 0.202. The maximum atomic E-state index is 12.4. The van der Waals surface area contributed by atoms with Gasteiger partial charge < -0.3 is 9.88 Å². The minimum Gasteiger partial charge on any atom is -0.325 e. The van der Waals surface area contributed by atoms with Gasteiger partial charge in [0.25, 0.3) is 0 Å². The predicted molar refractivity (Wildman–Crippen MR) is 105 cm³/mol. The lowest BCUT2D eigenvalue weighted by Gasteiger charge is -2.08. The van der Waals surface area contributed by atoms with E-state index in [9.17, 15) is 4.79 Å². The van der Waals surface area contributed by atoms with Crippen LogP contribution in [-0.4, -0.2) is 35.3 Å². The summed E-state index contributed by atoms with van der Waals surface area (Å²) in [7, 11) is 0. The maximum absolute atomic E-state index is 12.4. The predicted octanol–water partition coefficient (Wildman–Crippen LogP) is 2.78. The van der Waals surface area contributed by atoms with Crippen molar-refractivity contribution in [2.24, 2.45) is 0 Å². The number of hydrogen-bond donors (Lipinski definition) is 1. The first-order chi connectivity index (χ1) is 13.8. The first kappa shape index (κ1) is 16.1. The molecule has 3 aromatic heterocycles. The lowest BCUT2D eigenvalue weighted by atomic mass is 10.1. The molecule has 28 heavy (non-hydrogen) atoms. The minimum atomic E-state index is -0.111. The summed E-state index contributed by atoms with van der Waals surface area (Å²) in [6.07, 6.45) is 3.24. The fraction of sp³-hybridized carbons (Fsp3) is 0.0500. The van der Waals surface area contributed by atoms with Crippen LogP contribution in [0.2, 0.25) is 0 Å². The van der Waals surface area contributed by atoms with Gasteiger partial charge in [-0.3, -0.25) is 4.79 Å². The molecule has 5 rings (SSSR count). The number of amides is 1. The molecule has 0 bridgehead atoms. The average molecular weight is 369 g/mol. The van der Waals surface area contributed by atoms with Crippen molar-refractivity contribution in [2.45, 2.75) is 6.54 Å². The molecule has 2 aromatic carbocycles. The molecule has 8 heteroatoms. The van der Waals surface area contributed by atoms with E-state index in [0.717, 1.165) is 28.0 Å². The van der Waals surface area contributed by atoms with Crippen LogP contribution in [0.1, 0.15) is 0 Å². The molecule has 0 atom stereocenters. The van der Waals surface area contributed by atoms with E-state index in [1.807, 2.05) is 65.2 Å². The Balaban J connectivity index is 1.31. The summed E-state index contributed by atoms with van der Waals surface area (Å²) >= 11 is 0. The fourth-order valence-corrected chi connectivity index (χ4v) is 3.10. The van der Waals surface area contributed by atoms with Crippen molar-refractivity contribution >= 4 is 28.3 Å². The highest BCUT2D eigenvalue weighted by atomic mass is 16.1. The molecule has 3 heterocycles. The Bertz CT molecular complexity index is 1290. The van der Waals surface area contributed by atoms with E-state index in [-0.39, 0.29) is 12.5 Å². The van der Waals surface area contributed by atoms with Crippen LogP contribution in [0.4, 0.5) is 5.69 Å². The fourth-order valence-electron chi connectivity index (χ4n) is 3.10. The first-order valence-electron chi connectivity index (χ1n) is 8.73. The Morgan fingerprint density at radius 2 is 1.82 bits per heavy atom. The van der Waals surface area contributed by atoms with Gasteiger partial charge in [0.15, 0.2) is 5.65 Å². The minimum absolute atomic E-state index is 0.111. The number of rotatable bonds is 4. The second-order valence-electron chi connectivity index (χ2n) is 6.34. The van der Waals surface area contributed by atoms with Crippen LogP contribution in [0.15, 0.2) is 73.3 Å². The van der Waals surface area contributed by atoms with Crippen LogP contribution >= 0.6 is 0 Å². The zero-order valence-electron chi connectivity index (χ0n) is 14.7. The van der Waals surface area contributed by atoms with Gasteiger partial charge in [0, 0.05) is 11.3 Å². The lowest BCUT2D eigenvalue weighted by molar-refractivity contribution is -0.116. The molecule has 0 unspecified atom stereocenters. The maximum Gasteiger partial charge on any atom is 0.244 e. The largest absolute Gasteiger partial charge is 0.325 e. The van der Waals surface area contributed by atoms with Gasteiger partial charge in [-0.25, -0.2) is 4.98 Å². The molecule has 0 saturated heterocycles. The summed E-state index contributed by atoms with van der Waals surface area (Å²) < 4.78 is 3.46. The highest BCUT2D eigenvalue weighted by Gasteiger charge is 2.08. The molecule has 0 spiro atoms. The molecule has 0 saturated carbocycles. The van der Waals surface area contributed by atoms with Crippen molar-refractivity contribution in [3.05, 3.63) is 73.3 Å². The van der Waals surface area contributed by atoms with Gasteiger partial charge in [-0.15, -0.1) is 10.2 Å². The number of carbonyl (C=O) groups excluding carboxylic acids is 1. The van der Waals surface area contributed by atoms with Gasteiger partial charge in [0.05, 0.1) is 23.1 Å². The number of nitrogens with zero attached hydrogens (tertiary/aromatic N) is 6. The van der Waals surface area contributed by atoms with Gasteiger partial charge in [-0.1, -0.05) is 24.3 Å². The van der Waals surface area contributed by atoms with Crippen LogP contribution in [0.3, 0.4) is 0 Å². The van der Waals surface area contributed by atoms with Gasteiger partial charge in [0.2, 0.25) is 5.91 Å². The Morgan fingerprint density at radius 3 is 2.71 bits per heavy atom. The summed E-state index contributed by atoms with van der Waals surface area (Å²) in [5.74, 6) is -0.111. The van der Waals surface area contributed by atoms with Gasteiger partial charge in [0.1, 0.15) is 12.9 Å². The Kier molecular flexibility index (Phi) is 3.79. The molecule has 0 aliphatic rings. The zero-order chi connectivity index (χ0) is 18.9. The van der Waals surface area contributed by atoms with E-state index in [4.69, 9.17) is 0 Å². The number of fused-ring (bicyclic) bond motifs is 2. The van der Waals surface area contributed by atoms with Crippen LogP contribution in [0, 0.1) is 0 Å². The molecule has 136 valence electrons. The molecule has 1 N–H and O–H groups in total. The number of anilines is 1. The molecule has 8 nitrogen and oxygen atoms in total. The van der Waals surface area contributed by atoms with Gasteiger partial charge in [-0.2, -0.15) is 9.61 Å². The third-order valence-electron chi connectivity index (χ3n) is 4.47. The lowest BCUT2D eigenvalue weighted by Crippen LogP contribution is -2.18. The van der Waals surface area contributed by atoms with E-state index in [2.05, 4.69) is 25.6 Å². The summed E-state index contributed by atoms with van der Waals surface area (Å²) in [5.41, 5.74) is 4.97. The van der Waals surface area contributed by atoms with Crippen molar-refractivity contribution in [3.8, 4) is 11.3 Å². The molecular weight excluding hydrogens is 354 g/mol. The van der Waals surface area contributed by atoms with Crippen LogP contribution in [0.25, 0.3) is 27.9 Å². The topological polar surface area (TPSA) is 90.0 Å². The van der Waals surface area contributed by atoms with Crippen molar-refractivity contribution < 1.29 is 4.79 Å². The SMILES string of the molecule is O=C(Cn1cnc2ccccc21)Nc1ccc(-c2ccc3nncn3n2)cc1. The van der Waals surface area contributed by atoms with Crippen LogP contribution < -0.4 is 5.32 Å². The zero-order valence-corrected chi connectivity index (χ0v) is 14.7. The molecule has 0 aliphatic carbocycles. The quantitative estimate of drug-likeness (QED) is 0.526. The number of imidazole rings is 1. The number of nitrogens with one attached hydrogen (secondary N) is 1. The number of carbonyl (C=O) groups is 1. The van der Waals surface area contributed by atoms with E-state index in [1.54, 1.807) is 17.2 Å². The highest BCUT2D eigenvalue weighted by Crippen LogP contribution is 2.20. The number of hydrogen-bond acceptors (Lipinski definition) is 5. The monoisotopic (exact) mass is 369 g/mol. The first-order valence-corrected chi connectivity index (χ1v) is 8.73. The van der Waals surface area contributed by atoms with E-state index in [0.29, 0.717) is 5.65 Å². The Hall–Kier alpha value is -4.07. The van der Waals surface area contributed by atoms with Crippen molar-refractivity contribution in [2.75, 3.05) is 5.32 Å². The highest BCUT2D eigenvalue weighted by molar-refractivity contribution is 5.91. The molecule has 1 amide bonds. The summed E-state index contributed by atoms with van der Waals surface area (Å²) in [5, 5.41) is 15.2. The van der Waals surface area contributed by atoms with E-state index < -0.39 is 0 Å². The smallest absolute Gasteiger partial charge is 0.244 e. The Labute approximate surface area is 159 Å². The average Bonchev–Trinajstić information content (AvgIpc) is 3.35. The third-order valence-corrected chi connectivity index (χ3v) is 4.47. The number of aromatic nitrogens is 6. The summed E-state index contributed by atoms with van der Waals surface area (Å²) in [6, 6.07) is 19.0. The normalized spacial score (nSPS) is 11.1. The molecule has 0 radical (unpaired) electrons. The van der Waals surface area contributed by atoms with Crippen LogP contribution in [0.5, 0.6) is 0 Å². The molecule has 0 fully saturated rings.